The zero-order valence-corrected chi connectivity index (χ0v) is 18.4. The van der Waals surface area contributed by atoms with Crippen LogP contribution in [-0.2, 0) is 11.3 Å². The highest BCUT2D eigenvalue weighted by Gasteiger charge is 2.33. The van der Waals surface area contributed by atoms with Crippen molar-refractivity contribution in [2.45, 2.75) is 52.5 Å². The van der Waals surface area contributed by atoms with E-state index in [1.807, 2.05) is 13.0 Å². The van der Waals surface area contributed by atoms with Crippen LogP contribution in [0.15, 0.2) is 29.3 Å². The van der Waals surface area contributed by atoms with Crippen molar-refractivity contribution in [2.24, 2.45) is 10.4 Å². The number of hydrogen-bond donors (Lipinski definition) is 2. The van der Waals surface area contributed by atoms with Crippen molar-refractivity contribution in [3.8, 4) is 0 Å². The largest absolute Gasteiger partial charge is 0.382 e. The molecule has 0 heterocycles. The number of hydrogen-bond acceptors (Lipinski definition) is 2. The number of nitrogens with one attached hydrogen (secondary N) is 2. The molecule has 26 heavy (non-hydrogen) atoms. The smallest absolute Gasteiger partial charge is 0.191 e. The zero-order chi connectivity index (χ0) is 18.0. The molecule has 1 aliphatic carbocycles. The van der Waals surface area contributed by atoms with Crippen LogP contribution in [-0.4, -0.2) is 32.3 Å². The molecule has 0 aromatic heterocycles. The first-order valence-corrected chi connectivity index (χ1v) is 9.52. The minimum absolute atomic E-state index is 0. The van der Waals surface area contributed by atoms with Gasteiger partial charge in [-0.05, 0) is 56.2 Å². The van der Waals surface area contributed by atoms with E-state index < -0.39 is 0 Å². The Morgan fingerprint density at radius 2 is 2.00 bits per heavy atom. The lowest BCUT2D eigenvalue weighted by molar-refractivity contribution is 0.105. The molecule has 0 radical (unpaired) electrons. The van der Waals surface area contributed by atoms with E-state index in [4.69, 9.17) is 4.74 Å². The van der Waals surface area contributed by atoms with Crippen LogP contribution >= 0.6 is 24.0 Å². The number of benzene rings is 1. The Bertz CT molecular complexity index is 548. The summed E-state index contributed by atoms with van der Waals surface area (Å²) in [6.45, 7) is 7.90. The Kier molecular flexibility index (Phi) is 11.1. The Balaban J connectivity index is 0.00000338. The molecule has 0 unspecified atom stereocenters. The van der Waals surface area contributed by atoms with Gasteiger partial charge in [-0.2, -0.15) is 0 Å². The molecule has 1 aromatic carbocycles. The predicted octanol–water partition coefficient (Wildman–Crippen LogP) is 4.49. The summed E-state index contributed by atoms with van der Waals surface area (Å²) >= 11 is 0. The molecule has 0 atom stereocenters. The molecular formula is C20H33FIN3O. The topological polar surface area (TPSA) is 45.7 Å². The van der Waals surface area contributed by atoms with E-state index in [0.717, 1.165) is 44.2 Å². The third-order valence-electron chi connectivity index (χ3n) is 4.93. The van der Waals surface area contributed by atoms with Crippen LogP contribution in [0.3, 0.4) is 0 Å². The average Bonchev–Trinajstić information content (AvgIpc) is 3.07. The summed E-state index contributed by atoms with van der Waals surface area (Å²) in [6.07, 6.45) is 6.18. The van der Waals surface area contributed by atoms with Gasteiger partial charge < -0.3 is 15.4 Å². The summed E-state index contributed by atoms with van der Waals surface area (Å²) in [5, 5.41) is 6.79. The molecule has 0 aliphatic heterocycles. The number of aliphatic imine (C=N–C) groups is 1. The average molecular weight is 477 g/mol. The van der Waals surface area contributed by atoms with Crippen LogP contribution in [0.25, 0.3) is 0 Å². The van der Waals surface area contributed by atoms with Crippen LogP contribution in [0.1, 0.15) is 51.5 Å². The van der Waals surface area contributed by atoms with Gasteiger partial charge >= 0.3 is 0 Å². The minimum atomic E-state index is -0.216. The molecule has 1 saturated carbocycles. The Hall–Kier alpha value is -0.890. The number of rotatable bonds is 9. The second-order valence-electron chi connectivity index (χ2n) is 6.83. The monoisotopic (exact) mass is 477 g/mol. The van der Waals surface area contributed by atoms with Crippen molar-refractivity contribution in [3.05, 3.63) is 35.6 Å². The van der Waals surface area contributed by atoms with Crippen molar-refractivity contribution in [2.75, 3.05) is 26.3 Å². The van der Waals surface area contributed by atoms with Crippen LogP contribution in [0.4, 0.5) is 4.39 Å². The van der Waals surface area contributed by atoms with E-state index in [1.54, 1.807) is 6.07 Å². The van der Waals surface area contributed by atoms with Crippen LogP contribution in [0, 0.1) is 11.2 Å². The van der Waals surface area contributed by atoms with Gasteiger partial charge in [-0.3, -0.25) is 0 Å². The third-order valence-corrected chi connectivity index (χ3v) is 4.93. The Labute approximate surface area is 174 Å². The lowest BCUT2D eigenvalue weighted by Crippen LogP contribution is -2.43. The molecule has 0 spiro atoms. The molecule has 148 valence electrons. The summed E-state index contributed by atoms with van der Waals surface area (Å²) in [5.41, 5.74) is 1.19. The quantitative estimate of drug-likeness (QED) is 0.239. The van der Waals surface area contributed by atoms with Crippen molar-refractivity contribution in [1.29, 1.82) is 0 Å². The van der Waals surface area contributed by atoms with Crippen molar-refractivity contribution < 1.29 is 9.13 Å². The van der Waals surface area contributed by atoms with Crippen LogP contribution in [0.2, 0.25) is 0 Å². The normalized spacial score (nSPS) is 16.2. The maximum absolute atomic E-state index is 13.3. The van der Waals surface area contributed by atoms with E-state index in [-0.39, 0.29) is 29.8 Å². The van der Waals surface area contributed by atoms with Crippen molar-refractivity contribution >= 4 is 29.9 Å². The third kappa shape index (κ3) is 7.78. The molecule has 1 aromatic rings. The number of nitrogens with zero attached hydrogens (tertiary/aromatic N) is 1. The van der Waals surface area contributed by atoms with Gasteiger partial charge in [-0.25, -0.2) is 9.38 Å². The molecule has 1 fully saturated rings. The van der Waals surface area contributed by atoms with Gasteiger partial charge in [0.1, 0.15) is 5.82 Å². The summed E-state index contributed by atoms with van der Waals surface area (Å²) in [6, 6.07) is 6.62. The fourth-order valence-electron chi connectivity index (χ4n) is 3.49. The standard InChI is InChI=1S/C20H32FN3O.HI/c1-3-22-19(23-15-17-8-7-9-18(21)14-17)24-16-20(10-5-6-11-20)12-13-25-4-2;/h7-9,14H,3-6,10-13,15-16H2,1-2H3,(H2,22,23,24);1H. The second-order valence-corrected chi connectivity index (χ2v) is 6.83. The molecule has 6 heteroatoms. The molecular weight excluding hydrogens is 444 g/mol. The molecule has 4 nitrogen and oxygen atoms in total. The fourth-order valence-corrected chi connectivity index (χ4v) is 3.49. The maximum atomic E-state index is 13.3. The van der Waals surface area contributed by atoms with E-state index in [9.17, 15) is 4.39 Å². The second kappa shape index (κ2) is 12.5. The van der Waals surface area contributed by atoms with Gasteiger partial charge in [0.15, 0.2) is 5.96 Å². The number of ether oxygens (including phenoxy) is 1. The maximum Gasteiger partial charge on any atom is 0.191 e. The highest BCUT2D eigenvalue weighted by atomic mass is 127. The van der Waals surface area contributed by atoms with Crippen molar-refractivity contribution in [3.63, 3.8) is 0 Å². The SMILES string of the molecule is CCNC(=NCc1cccc(F)c1)NCC1(CCOCC)CCCC1.I. The van der Waals surface area contributed by atoms with Gasteiger partial charge in [-0.15, -0.1) is 24.0 Å². The summed E-state index contributed by atoms with van der Waals surface area (Å²) < 4.78 is 18.9. The summed E-state index contributed by atoms with van der Waals surface area (Å²) in [4.78, 5) is 4.61. The van der Waals surface area contributed by atoms with Gasteiger partial charge in [0, 0.05) is 26.3 Å². The van der Waals surface area contributed by atoms with Gasteiger partial charge in [0.05, 0.1) is 6.54 Å². The Morgan fingerprint density at radius 3 is 2.65 bits per heavy atom. The number of guanidine groups is 1. The molecule has 0 bridgehead atoms. The number of halogens is 2. The van der Waals surface area contributed by atoms with Gasteiger partial charge in [0.2, 0.25) is 0 Å². The fraction of sp³-hybridized carbons (Fsp3) is 0.650. The first-order valence-electron chi connectivity index (χ1n) is 9.52. The lowest BCUT2D eigenvalue weighted by Gasteiger charge is -2.30. The minimum Gasteiger partial charge on any atom is -0.382 e. The lowest BCUT2D eigenvalue weighted by atomic mass is 9.83. The van der Waals surface area contributed by atoms with Crippen LogP contribution in [0.5, 0.6) is 0 Å². The summed E-state index contributed by atoms with van der Waals surface area (Å²) in [5.74, 6) is 0.584. The first-order chi connectivity index (χ1) is 12.2. The zero-order valence-electron chi connectivity index (χ0n) is 16.0. The van der Waals surface area contributed by atoms with Gasteiger partial charge in [0.25, 0.3) is 0 Å². The molecule has 2 rings (SSSR count). The highest BCUT2D eigenvalue weighted by Crippen LogP contribution is 2.40. The molecule has 2 N–H and O–H groups in total. The molecule has 0 amide bonds. The van der Waals surface area contributed by atoms with Crippen LogP contribution < -0.4 is 10.6 Å². The molecule has 1 aliphatic rings. The van der Waals surface area contributed by atoms with E-state index in [0.29, 0.717) is 12.0 Å². The first kappa shape index (κ1) is 23.1. The van der Waals surface area contributed by atoms with E-state index >= 15 is 0 Å². The van der Waals surface area contributed by atoms with E-state index in [1.165, 1.54) is 37.8 Å². The summed E-state index contributed by atoms with van der Waals surface area (Å²) in [7, 11) is 0. The Morgan fingerprint density at radius 1 is 1.23 bits per heavy atom. The van der Waals surface area contributed by atoms with Crippen molar-refractivity contribution in [1.82, 2.24) is 10.6 Å². The highest BCUT2D eigenvalue weighted by molar-refractivity contribution is 14.0. The predicted molar refractivity (Wildman–Crippen MR) is 117 cm³/mol. The van der Waals surface area contributed by atoms with Gasteiger partial charge in [-0.1, -0.05) is 25.0 Å². The van der Waals surface area contributed by atoms with E-state index in [2.05, 4.69) is 22.5 Å². The molecule has 0 saturated heterocycles.